The lowest BCUT2D eigenvalue weighted by Gasteiger charge is -2.27. The van der Waals surface area contributed by atoms with Gasteiger partial charge in [-0.25, -0.2) is 4.98 Å². The van der Waals surface area contributed by atoms with Crippen LogP contribution in [0.3, 0.4) is 0 Å². The Hall–Kier alpha value is -2.63. The van der Waals surface area contributed by atoms with Gasteiger partial charge in [-0.1, -0.05) is 35.9 Å². The van der Waals surface area contributed by atoms with Gasteiger partial charge in [0, 0.05) is 40.8 Å². The van der Waals surface area contributed by atoms with E-state index in [4.69, 9.17) is 16.3 Å². The number of pyridine rings is 1. The first kappa shape index (κ1) is 18.7. The molecule has 1 fully saturated rings. The third kappa shape index (κ3) is 3.55. The van der Waals surface area contributed by atoms with E-state index in [0.717, 1.165) is 27.6 Å². The van der Waals surface area contributed by atoms with Crippen LogP contribution in [0, 0.1) is 13.8 Å². The minimum atomic E-state index is 0.0000281. The van der Waals surface area contributed by atoms with Crippen LogP contribution in [0.5, 0.6) is 0 Å². The molecule has 0 saturated carbocycles. The highest BCUT2D eigenvalue weighted by Gasteiger charge is 2.22. The van der Waals surface area contributed by atoms with E-state index in [-0.39, 0.29) is 5.91 Å². The van der Waals surface area contributed by atoms with E-state index >= 15 is 0 Å². The molecule has 0 spiro atoms. The number of benzene rings is 2. The smallest absolute Gasteiger partial charge is 0.256 e. The van der Waals surface area contributed by atoms with Gasteiger partial charge in [0.05, 0.1) is 18.8 Å². The van der Waals surface area contributed by atoms with E-state index in [1.165, 1.54) is 0 Å². The zero-order chi connectivity index (χ0) is 19.7. The molecule has 1 amide bonds. The Bertz CT molecular complexity index is 1050. The zero-order valence-corrected chi connectivity index (χ0v) is 16.7. The second kappa shape index (κ2) is 7.78. The molecule has 0 atom stereocenters. The second-order valence-corrected chi connectivity index (χ2v) is 7.42. The molecule has 1 saturated heterocycles. The summed E-state index contributed by atoms with van der Waals surface area (Å²) in [6, 6.07) is 11.8. The molecular weight excluding hydrogens is 374 g/mol. The van der Waals surface area contributed by atoms with Crippen LogP contribution in [0.1, 0.15) is 21.5 Å². The molecule has 4 rings (SSSR count). The number of fused-ring (bicyclic) bond motifs is 1. The van der Waals surface area contributed by atoms with E-state index in [1.807, 2.05) is 55.1 Å². The van der Waals surface area contributed by atoms with E-state index in [0.29, 0.717) is 42.7 Å². The Morgan fingerprint density at radius 3 is 2.68 bits per heavy atom. The molecule has 1 aliphatic rings. The summed E-state index contributed by atoms with van der Waals surface area (Å²) in [4.78, 5) is 19.5. The van der Waals surface area contributed by atoms with Crippen LogP contribution in [-0.2, 0) is 4.74 Å². The number of nitrogens with zero attached hydrogens (tertiary/aromatic N) is 2. The second-order valence-electron chi connectivity index (χ2n) is 7.01. The van der Waals surface area contributed by atoms with Gasteiger partial charge < -0.3 is 15.0 Å². The standard InChI is InChI=1S/C22H22ClN3O2/c1-14-6-7-16(12-19(14)23)25-21-17-5-3-4-15(2)20(17)18(13-24-21)22(27)26-8-10-28-11-9-26/h3-7,12-13H,8-11H2,1-2H3,(H,24,25). The predicted molar refractivity (Wildman–Crippen MR) is 113 cm³/mol. The lowest BCUT2D eigenvalue weighted by molar-refractivity contribution is 0.0304. The predicted octanol–water partition coefficient (Wildman–Crippen LogP) is 4.72. The molecule has 0 bridgehead atoms. The van der Waals surface area contributed by atoms with Crippen molar-refractivity contribution in [1.29, 1.82) is 0 Å². The third-order valence-corrected chi connectivity index (χ3v) is 5.49. The van der Waals surface area contributed by atoms with Gasteiger partial charge in [0.15, 0.2) is 0 Å². The molecule has 2 heterocycles. The van der Waals surface area contributed by atoms with Crippen LogP contribution in [-0.4, -0.2) is 42.1 Å². The molecule has 0 radical (unpaired) electrons. The quantitative estimate of drug-likeness (QED) is 0.697. The monoisotopic (exact) mass is 395 g/mol. The summed E-state index contributed by atoms with van der Waals surface area (Å²) < 4.78 is 5.37. The van der Waals surface area contributed by atoms with Crippen molar-refractivity contribution < 1.29 is 9.53 Å². The van der Waals surface area contributed by atoms with E-state index in [1.54, 1.807) is 6.20 Å². The number of hydrogen-bond acceptors (Lipinski definition) is 4. The summed E-state index contributed by atoms with van der Waals surface area (Å²) in [5, 5.41) is 5.88. The van der Waals surface area contributed by atoms with Gasteiger partial charge in [0.2, 0.25) is 0 Å². The Morgan fingerprint density at radius 2 is 1.93 bits per heavy atom. The van der Waals surface area contributed by atoms with Gasteiger partial charge >= 0.3 is 0 Å². The summed E-state index contributed by atoms with van der Waals surface area (Å²) in [7, 11) is 0. The molecule has 28 heavy (non-hydrogen) atoms. The van der Waals surface area contributed by atoms with Crippen molar-refractivity contribution in [3.63, 3.8) is 0 Å². The Labute approximate surface area is 169 Å². The topological polar surface area (TPSA) is 54.5 Å². The molecule has 1 N–H and O–H groups in total. The highest BCUT2D eigenvalue weighted by molar-refractivity contribution is 6.31. The van der Waals surface area contributed by atoms with Gasteiger partial charge in [0.1, 0.15) is 5.82 Å². The van der Waals surface area contributed by atoms with E-state index < -0.39 is 0 Å². The van der Waals surface area contributed by atoms with E-state index in [9.17, 15) is 4.79 Å². The van der Waals surface area contributed by atoms with Crippen molar-refractivity contribution >= 4 is 39.8 Å². The molecule has 0 unspecified atom stereocenters. The van der Waals surface area contributed by atoms with Crippen LogP contribution < -0.4 is 5.32 Å². The summed E-state index contributed by atoms with van der Waals surface area (Å²) in [5.41, 5.74) is 3.55. The van der Waals surface area contributed by atoms with Gasteiger partial charge in [0.25, 0.3) is 5.91 Å². The van der Waals surface area contributed by atoms with Crippen molar-refractivity contribution in [2.24, 2.45) is 0 Å². The Morgan fingerprint density at radius 1 is 1.14 bits per heavy atom. The van der Waals surface area contributed by atoms with Crippen molar-refractivity contribution in [3.05, 3.63) is 64.3 Å². The molecule has 1 aliphatic heterocycles. The van der Waals surface area contributed by atoms with Crippen molar-refractivity contribution in [1.82, 2.24) is 9.88 Å². The fraction of sp³-hybridized carbons (Fsp3) is 0.273. The number of carbonyl (C=O) groups excluding carboxylic acids is 1. The maximum Gasteiger partial charge on any atom is 0.256 e. The molecule has 1 aromatic heterocycles. The molecule has 5 nitrogen and oxygen atoms in total. The number of ether oxygens (including phenoxy) is 1. The average Bonchev–Trinajstić information content (AvgIpc) is 2.71. The van der Waals surface area contributed by atoms with Gasteiger partial charge in [-0.15, -0.1) is 0 Å². The molecule has 0 aliphatic carbocycles. The van der Waals surface area contributed by atoms with Crippen molar-refractivity contribution in [3.8, 4) is 0 Å². The third-order valence-electron chi connectivity index (χ3n) is 5.08. The highest BCUT2D eigenvalue weighted by atomic mass is 35.5. The fourth-order valence-corrected chi connectivity index (χ4v) is 3.67. The molecule has 3 aromatic rings. The molecule has 144 valence electrons. The molecule has 2 aromatic carbocycles. The number of anilines is 2. The van der Waals surface area contributed by atoms with Crippen LogP contribution in [0.25, 0.3) is 10.8 Å². The van der Waals surface area contributed by atoms with Crippen molar-refractivity contribution in [2.45, 2.75) is 13.8 Å². The minimum Gasteiger partial charge on any atom is -0.378 e. The minimum absolute atomic E-state index is 0.0000281. The number of hydrogen-bond donors (Lipinski definition) is 1. The van der Waals surface area contributed by atoms with Crippen LogP contribution in [0.4, 0.5) is 11.5 Å². The maximum atomic E-state index is 13.1. The lowest BCUT2D eigenvalue weighted by atomic mass is 10.0. The Balaban J connectivity index is 1.76. The van der Waals surface area contributed by atoms with Crippen molar-refractivity contribution in [2.75, 3.05) is 31.6 Å². The normalized spacial score (nSPS) is 14.3. The number of halogens is 1. The summed E-state index contributed by atoms with van der Waals surface area (Å²) in [5.74, 6) is 0.706. The summed E-state index contributed by atoms with van der Waals surface area (Å²) >= 11 is 6.26. The number of morpholine rings is 1. The summed E-state index contributed by atoms with van der Waals surface area (Å²) in [6.45, 7) is 6.34. The Kier molecular flexibility index (Phi) is 5.20. The first-order chi connectivity index (χ1) is 13.5. The van der Waals surface area contributed by atoms with Gasteiger partial charge in [-0.05, 0) is 37.1 Å². The van der Waals surface area contributed by atoms with E-state index in [2.05, 4.69) is 10.3 Å². The number of aromatic nitrogens is 1. The molecule has 6 heteroatoms. The highest BCUT2D eigenvalue weighted by Crippen LogP contribution is 2.31. The molecular formula is C22H22ClN3O2. The van der Waals surface area contributed by atoms with Gasteiger partial charge in [-0.3, -0.25) is 4.79 Å². The number of amides is 1. The SMILES string of the molecule is Cc1ccc(Nc2ncc(C(=O)N3CCOCC3)c3c(C)cccc23)cc1Cl. The fourth-order valence-electron chi connectivity index (χ4n) is 3.49. The largest absolute Gasteiger partial charge is 0.378 e. The lowest BCUT2D eigenvalue weighted by Crippen LogP contribution is -2.40. The van der Waals surface area contributed by atoms with Crippen LogP contribution in [0.15, 0.2) is 42.6 Å². The van der Waals surface area contributed by atoms with Crippen LogP contribution >= 0.6 is 11.6 Å². The number of rotatable bonds is 3. The number of aryl methyl sites for hydroxylation is 2. The summed E-state index contributed by atoms with van der Waals surface area (Å²) in [6.07, 6.45) is 1.67. The number of carbonyl (C=O) groups is 1. The maximum absolute atomic E-state index is 13.1. The first-order valence-corrected chi connectivity index (χ1v) is 9.71. The van der Waals surface area contributed by atoms with Gasteiger partial charge in [-0.2, -0.15) is 0 Å². The zero-order valence-electron chi connectivity index (χ0n) is 16.0. The average molecular weight is 396 g/mol. The number of nitrogens with one attached hydrogen (secondary N) is 1. The van der Waals surface area contributed by atoms with Crippen LogP contribution in [0.2, 0.25) is 5.02 Å². The first-order valence-electron chi connectivity index (χ1n) is 9.33.